The van der Waals surface area contributed by atoms with E-state index in [9.17, 15) is 4.79 Å². The van der Waals surface area contributed by atoms with Gasteiger partial charge in [-0.15, -0.1) is 23.7 Å². The van der Waals surface area contributed by atoms with Crippen LogP contribution in [0.25, 0.3) is 0 Å². The maximum absolute atomic E-state index is 12.0. The normalized spacial score (nSPS) is 10.1. The first-order chi connectivity index (χ1) is 9.58. The van der Waals surface area contributed by atoms with E-state index in [1.165, 1.54) is 11.3 Å². The van der Waals surface area contributed by atoms with Crippen molar-refractivity contribution in [2.75, 3.05) is 5.32 Å². The van der Waals surface area contributed by atoms with Crippen LogP contribution in [0.4, 0.5) is 5.69 Å². The number of halogens is 1. The molecular weight excluding hydrogens is 310 g/mol. The van der Waals surface area contributed by atoms with Gasteiger partial charge in [0.25, 0.3) is 5.91 Å². The molecule has 21 heavy (non-hydrogen) atoms. The minimum absolute atomic E-state index is 0. The Morgan fingerprint density at radius 2 is 2.05 bits per heavy atom. The van der Waals surface area contributed by atoms with E-state index < -0.39 is 0 Å². The Morgan fingerprint density at radius 3 is 2.57 bits per heavy atom. The van der Waals surface area contributed by atoms with Crippen molar-refractivity contribution in [2.45, 2.75) is 26.5 Å². The first-order valence-corrected chi connectivity index (χ1v) is 7.19. The van der Waals surface area contributed by atoms with E-state index in [1.54, 1.807) is 17.5 Å². The van der Waals surface area contributed by atoms with E-state index in [0.29, 0.717) is 17.9 Å². The monoisotopic (exact) mass is 327 g/mol. The molecule has 1 aromatic heterocycles. The van der Waals surface area contributed by atoms with Crippen LogP contribution in [-0.4, -0.2) is 17.0 Å². The van der Waals surface area contributed by atoms with E-state index in [0.717, 1.165) is 10.8 Å². The lowest BCUT2D eigenvalue weighted by molar-refractivity contribution is 0.102. The fraction of sp³-hybridized carbons (Fsp3) is 0.286. The molecule has 3 N–H and O–H groups in total. The van der Waals surface area contributed by atoms with Crippen LogP contribution in [0, 0.1) is 0 Å². The molecule has 0 bridgehead atoms. The van der Waals surface area contributed by atoms with Crippen molar-refractivity contribution < 1.29 is 9.53 Å². The molecule has 0 fully saturated rings. The molecule has 1 amide bonds. The van der Waals surface area contributed by atoms with E-state index in [1.807, 2.05) is 26.0 Å². The van der Waals surface area contributed by atoms with Gasteiger partial charge in [0.05, 0.1) is 6.10 Å². The molecule has 5 nitrogen and oxygen atoms in total. The summed E-state index contributed by atoms with van der Waals surface area (Å²) >= 11 is 1.38. The third kappa shape index (κ3) is 5.00. The first kappa shape index (κ1) is 17.4. The number of carbonyl (C=O) groups excluding carboxylic acids is 1. The number of hydrogen-bond donors (Lipinski definition) is 2. The number of nitrogens with two attached hydrogens (primary N) is 1. The van der Waals surface area contributed by atoms with Gasteiger partial charge in [0.2, 0.25) is 0 Å². The zero-order valence-corrected chi connectivity index (χ0v) is 13.5. The van der Waals surface area contributed by atoms with Crippen LogP contribution in [0.15, 0.2) is 29.6 Å². The molecule has 0 saturated carbocycles. The van der Waals surface area contributed by atoms with Crippen molar-refractivity contribution in [3.8, 4) is 5.75 Å². The van der Waals surface area contributed by atoms with E-state index in [2.05, 4.69) is 10.3 Å². The first-order valence-electron chi connectivity index (χ1n) is 6.31. The van der Waals surface area contributed by atoms with E-state index >= 15 is 0 Å². The van der Waals surface area contributed by atoms with Crippen LogP contribution in [0.3, 0.4) is 0 Å². The van der Waals surface area contributed by atoms with Gasteiger partial charge in [-0.1, -0.05) is 0 Å². The lowest BCUT2D eigenvalue weighted by atomic mass is 10.3. The Morgan fingerprint density at radius 1 is 1.38 bits per heavy atom. The van der Waals surface area contributed by atoms with Crippen LogP contribution >= 0.6 is 23.7 Å². The Labute approximate surface area is 133 Å². The van der Waals surface area contributed by atoms with Crippen molar-refractivity contribution in [1.82, 2.24) is 4.98 Å². The molecule has 0 aliphatic rings. The maximum Gasteiger partial charge on any atom is 0.275 e. The van der Waals surface area contributed by atoms with Gasteiger partial charge in [-0.05, 0) is 38.1 Å². The lowest BCUT2D eigenvalue weighted by Gasteiger charge is -2.10. The van der Waals surface area contributed by atoms with Gasteiger partial charge in [-0.2, -0.15) is 0 Å². The predicted molar refractivity (Wildman–Crippen MR) is 87.4 cm³/mol. The summed E-state index contributed by atoms with van der Waals surface area (Å²) in [4.78, 5) is 16.1. The predicted octanol–water partition coefficient (Wildman–Crippen LogP) is 3.06. The molecule has 7 heteroatoms. The highest BCUT2D eigenvalue weighted by molar-refractivity contribution is 7.09. The zero-order valence-electron chi connectivity index (χ0n) is 11.8. The number of hydrogen-bond acceptors (Lipinski definition) is 5. The molecule has 0 aliphatic carbocycles. The number of thiazole rings is 1. The number of anilines is 1. The summed E-state index contributed by atoms with van der Waals surface area (Å²) in [6.07, 6.45) is 0.125. The van der Waals surface area contributed by atoms with E-state index in [-0.39, 0.29) is 24.4 Å². The van der Waals surface area contributed by atoms with Gasteiger partial charge in [0.15, 0.2) is 0 Å². The van der Waals surface area contributed by atoms with Crippen molar-refractivity contribution >= 4 is 35.3 Å². The van der Waals surface area contributed by atoms with Crippen molar-refractivity contribution in [3.05, 3.63) is 40.3 Å². The highest BCUT2D eigenvalue weighted by Crippen LogP contribution is 2.18. The highest BCUT2D eigenvalue weighted by Gasteiger charge is 2.10. The lowest BCUT2D eigenvalue weighted by Crippen LogP contribution is -2.12. The van der Waals surface area contributed by atoms with Crippen LogP contribution < -0.4 is 15.8 Å². The molecular formula is C14H18ClN3O2S. The maximum atomic E-state index is 12.0. The molecule has 0 aliphatic heterocycles. The molecule has 0 spiro atoms. The number of carbonyl (C=O) groups is 1. The molecule has 0 atom stereocenters. The highest BCUT2D eigenvalue weighted by atomic mass is 35.5. The molecule has 0 unspecified atom stereocenters. The SMILES string of the molecule is CC(C)Oc1ccc(NC(=O)c2csc(CN)n2)cc1.Cl. The third-order valence-corrected chi connectivity index (χ3v) is 3.31. The molecule has 2 aromatic rings. The Kier molecular flexibility index (Phi) is 6.61. The Hall–Kier alpha value is -1.63. The number of amides is 1. The van der Waals surface area contributed by atoms with Gasteiger partial charge in [0.1, 0.15) is 16.5 Å². The smallest absolute Gasteiger partial charge is 0.275 e. The van der Waals surface area contributed by atoms with Crippen LogP contribution in [-0.2, 0) is 6.54 Å². The van der Waals surface area contributed by atoms with E-state index in [4.69, 9.17) is 10.5 Å². The summed E-state index contributed by atoms with van der Waals surface area (Å²) in [6, 6.07) is 7.24. The molecule has 114 valence electrons. The number of ether oxygens (including phenoxy) is 1. The second-order valence-corrected chi connectivity index (χ2v) is 5.42. The summed E-state index contributed by atoms with van der Waals surface area (Å²) in [5.74, 6) is 0.538. The molecule has 0 radical (unpaired) electrons. The second kappa shape index (κ2) is 7.97. The zero-order chi connectivity index (χ0) is 14.5. The standard InChI is InChI=1S/C14H17N3O2S.ClH/c1-9(2)19-11-5-3-10(4-6-11)16-14(18)12-8-20-13(7-15)17-12;/h3-6,8-9H,7,15H2,1-2H3,(H,16,18);1H. The average molecular weight is 328 g/mol. The Balaban J connectivity index is 0.00000220. The average Bonchev–Trinajstić information content (AvgIpc) is 2.89. The van der Waals surface area contributed by atoms with Gasteiger partial charge in [-0.3, -0.25) is 4.79 Å². The third-order valence-electron chi connectivity index (χ3n) is 2.44. The number of benzene rings is 1. The van der Waals surface area contributed by atoms with Crippen LogP contribution in [0.5, 0.6) is 5.75 Å². The molecule has 1 aromatic carbocycles. The summed E-state index contributed by atoms with van der Waals surface area (Å²) in [7, 11) is 0. The summed E-state index contributed by atoms with van der Waals surface area (Å²) < 4.78 is 5.54. The number of nitrogens with zero attached hydrogens (tertiary/aromatic N) is 1. The van der Waals surface area contributed by atoms with Gasteiger partial charge in [-0.25, -0.2) is 4.98 Å². The molecule has 2 rings (SSSR count). The van der Waals surface area contributed by atoms with Crippen molar-refractivity contribution in [2.24, 2.45) is 5.73 Å². The van der Waals surface area contributed by atoms with Gasteiger partial charge >= 0.3 is 0 Å². The molecule has 1 heterocycles. The fourth-order valence-corrected chi connectivity index (χ4v) is 2.25. The van der Waals surface area contributed by atoms with Crippen LogP contribution in [0.2, 0.25) is 0 Å². The number of aromatic nitrogens is 1. The van der Waals surface area contributed by atoms with Gasteiger partial charge in [0, 0.05) is 17.6 Å². The summed E-state index contributed by atoms with van der Waals surface area (Å²) in [6.45, 7) is 4.28. The number of nitrogens with one attached hydrogen (secondary N) is 1. The summed E-state index contributed by atoms with van der Waals surface area (Å²) in [5, 5.41) is 5.23. The molecule has 0 saturated heterocycles. The van der Waals surface area contributed by atoms with Crippen LogP contribution in [0.1, 0.15) is 29.3 Å². The minimum atomic E-state index is -0.238. The summed E-state index contributed by atoms with van der Waals surface area (Å²) in [5.41, 5.74) is 6.56. The largest absolute Gasteiger partial charge is 0.491 e. The van der Waals surface area contributed by atoms with Crippen molar-refractivity contribution in [3.63, 3.8) is 0 Å². The second-order valence-electron chi connectivity index (χ2n) is 4.48. The minimum Gasteiger partial charge on any atom is -0.491 e. The van der Waals surface area contributed by atoms with Crippen molar-refractivity contribution in [1.29, 1.82) is 0 Å². The Bertz CT molecular complexity index is 584. The van der Waals surface area contributed by atoms with Gasteiger partial charge < -0.3 is 15.8 Å². The number of rotatable bonds is 5. The topological polar surface area (TPSA) is 77.2 Å². The fourth-order valence-electron chi connectivity index (χ4n) is 1.59. The quantitative estimate of drug-likeness (QED) is 0.884.